The zero-order valence-electron chi connectivity index (χ0n) is 14.1. The quantitative estimate of drug-likeness (QED) is 0.887. The maximum absolute atomic E-state index is 12.7. The summed E-state index contributed by atoms with van der Waals surface area (Å²) in [5.41, 5.74) is 2.90. The molecule has 3 rings (SSSR count). The number of benzene rings is 1. The maximum Gasteiger partial charge on any atom is 0.241 e. The van der Waals surface area contributed by atoms with E-state index in [-0.39, 0.29) is 11.9 Å². The molecule has 0 spiro atoms. The van der Waals surface area contributed by atoms with Gasteiger partial charge in [0.15, 0.2) is 0 Å². The number of amides is 1. The molecule has 1 aliphatic rings. The first kappa shape index (κ1) is 17.3. The van der Waals surface area contributed by atoms with Crippen LogP contribution in [-0.4, -0.2) is 30.5 Å². The summed E-state index contributed by atoms with van der Waals surface area (Å²) in [5, 5.41) is 5.73. The van der Waals surface area contributed by atoms with Crippen LogP contribution in [0.2, 0.25) is 5.02 Å². The molecule has 0 radical (unpaired) electrons. The number of methoxy groups -OCH3 is 1. The van der Waals surface area contributed by atoms with E-state index in [2.05, 4.69) is 21.7 Å². The van der Waals surface area contributed by atoms with Crippen molar-refractivity contribution in [1.82, 2.24) is 4.90 Å². The number of halogens is 1. The first-order valence-corrected chi connectivity index (χ1v) is 9.19. The third-order valence-electron chi connectivity index (χ3n) is 4.50. The van der Waals surface area contributed by atoms with Crippen LogP contribution in [0.15, 0.2) is 23.6 Å². The first-order chi connectivity index (χ1) is 11.5. The number of rotatable bonds is 4. The van der Waals surface area contributed by atoms with Gasteiger partial charge in [0.1, 0.15) is 5.75 Å². The second kappa shape index (κ2) is 7.13. The largest absolute Gasteiger partial charge is 0.495 e. The minimum absolute atomic E-state index is 0.0336. The van der Waals surface area contributed by atoms with Gasteiger partial charge in [-0.3, -0.25) is 9.69 Å². The van der Waals surface area contributed by atoms with Gasteiger partial charge in [0.2, 0.25) is 5.91 Å². The molecule has 1 aliphatic heterocycles. The fourth-order valence-electron chi connectivity index (χ4n) is 2.93. The monoisotopic (exact) mass is 364 g/mol. The Morgan fingerprint density at radius 1 is 1.46 bits per heavy atom. The number of fused-ring (bicyclic) bond motifs is 1. The summed E-state index contributed by atoms with van der Waals surface area (Å²) in [4.78, 5) is 16.3. The Hall–Kier alpha value is -1.56. The molecule has 0 bridgehead atoms. The number of carbonyl (C=O) groups excluding carboxylic acids is 1. The molecule has 1 aromatic carbocycles. The molecule has 0 aliphatic carbocycles. The van der Waals surface area contributed by atoms with Crippen molar-refractivity contribution in [2.24, 2.45) is 0 Å². The molecule has 0 saturated carbocycles. The van der Waals surface area contributed by atoms with Crippen LogP contribution in [0.3, 0.4) is 0 Å². The lowest BCUT2D eigenvalue weighted by molar-refractivity contribution is -0.121. The molecule has 24 heavy (non-hydrogen) atoms. The number of nitrogens with one attached hydrogen (secondary N) is 1. The standard InChI is InChI=1S/C18H21ClN2O2S/c1-11-8-15(16(23-3)9-14(11)19)20-18(22)12(2)21-6-4-17-13(10-21)5-7-24-17/h5,7-9,12H,4,6,10H2,1-3H3,(H,20,22). The molecule has 2 aromatic rings. The summed E-state index contributed by atoms with van der Waals surface area (Å²) >= 11 is 7.92. The molecule has 2 heterocycles. The van der Waals surface area contributed by atoms with Crippen LogP contribution in [-0.2, 0) is 17.8 Å². The minimum atomic E-state index is -0.209. The van der Waals surface area contributed by atoms with Crippen molar-refractivity contribution in [2.45, 2.75) is 32.9 Å². The number of nitrogens with zero attached hydrogens (tertiary/aromatic N) is 1. The minimum Gasteiger partial charge on any atom is -0.495 e. The average molecular weight is 365 g/mol. The van der Waals surface area contributed by atoms with Gasteiger partial charge in [-0.1, -0.05) is 11.6 Å². The topological polar surface area (TPSA) is 41.6 Å². The second-order valence-electron chi connectivity index (χ2n) is 6.06. The summed E-state index contributed by atoms with van der Waals surface area (Å²) in [6.45, 7) is 5.58. The number of hydrogen-bond acceptors (Lipinski definition) is 4. The van der Waals surface area contributed by atoms with Gasteiger partial charge in [0, 0.05) is 29.1 Å². The zero-order valence-corrected chi connectivity index (χ0v) is 15.6. The fraction of sp³-hybridized carbons (Fsp3) is 0.389. The lowest BCUT2D eigenvalue weighted by Crippen LogP contribution is -2.44. The van der Waals surface area contributed by atoms with Crippen molar-refractivity contribution < 1.29 is 9.53 Å². The molecule has 1 amide bonds. The molecule has 128 valence electrons. The van der Waals surface area contributed by atoms with E-state index in [1.807, 2.05) is 19.9 Å². The predicted octanol–water partition coefficient (Wildman–Crippen LogP) is 4.10. The van der Waals surface area contributed by atoms with Crippen LogP contribution in [0.5, 0.6) is 5.75 Å². The molecule has 1 atom stereocenters. The second-order valence-corrected chi connectivity index (χ2v) is 7.46. The predicted molar refractivity (Wildman–Crippen MR) is 99.3 cm³/mol. The Morgan fingerprint density at radius 2 is 2.25 bits per heavy atom. The lowest BCUT2D eigenvalue weighted by Gasteiger charge is -2.31. The van der Waals surface area contributed by atoms with E-state index in [0.717, 1.165) is 25.1 Å². The highest BCUT2D eigenvalue weighted by molar-refractivity contribution is 7.10. The average Bonchev–Trinajstić information content (AvgIpc) is 3.04. The van der Waals surface area contributed by atoms with Crippen molar-refractivity contribution in [2.75, 3.05) is 19.0 Å². The highest BCUT2D eigenvalue weighted by atomic mass is 35.5. The van der Waals surface area contributed by atoms with E-state index in [0.29, 0.717) is 16.5 Å². The van der Waals surface area contributed by atoms with Crippen LogP contribution in [0.25, 0.3) is 0 Å². The third kappa shape index (κ3) is 3.43. The van der Waals surface area contributed by atoms with Crippen molar-refractivity contribution >= 4 is 34.5 Å². The van der Waals surface area contributed by atoms with Gasteiger partial charge < -0.3 is 10.1 Å². The van der Waals surface area contributed by atoms with Crippen LogP contribution in [0.4, 0.5) is 5.69 Å². The summed E-state index contributed by atoms with van der Waals surface area (Å²) < 4.78 is 5.33. The summed E-state index contributed by atoms with van der Waals surface area (Å²) in [6.07, 6.45) is 1.01. The SMILES string of the molecule is COc1cc(Cl)c(C)cc1NC(=O)C(C)N1CCc2sccc2C1. The molecular weight excluding hydrogens is 344 g/mol. The zero-order chi connectivity index (χ0) is 17.3. The number of aryl methyl sites for hydroxylation is 1. The smallest absolute Gasteiger partial charge is 0.241 e. The highest BCUT2D eigenvalue weighted by Gasteiger charge is 2.26. The van der Waals surface area contributed by atoms with Crippen molar-refractivity contribution in [1.29, 1.82) is 0 Å². The van der Waals surface area contributed by atoms with Crippen molar-refractivity contribution in [3.63, 3.8) is 0 Å². The highest BCUT2D eigenvalue weighted by Crippen LogP contribution is 2.31. The van der Waals surface area contributed by atoms with Crippen LogP contribution < -0.4 is 10.1 Å². The van der Waals surface area contributed by atoms with Gasteiger partial charge in [0.25, 0.3) is 0 Å². The van der Waals surface area contributed by atoms with Crippen molar-refractivity contribution in [3.05, 3.63) is 44.6 Å². The van der Waals surface area contributed by atoms with Gasteiger partial charge in [-0.25, -0.2) is 0 Å². The van der Waals surface area contributed by atoms with Gasteiger partial charge in [0.05, 0.1) is 18.8 Å². The Bertz CT molecular complexity index is 759. The third-order valence-corrected chi connectivity index (χ3v) is 5.93. The number of thiophene rings is 1. The van der Waals surface area contributed by atoms with Gasteiger partial charge >= 0.3 is 0 Å². The summed E-state index contributed by atoms with van der Waals surface area (Å²) in [6, 6.07) is 5.52. The van der Waals surface area contributed by atoms with E-state index < -0.39 is 0 Å². The van der Waals surface area contributed by atoms with E-state index in [4.69, 9.17) is 16.3 Å². The maximum atomic E-state index is 12.7. The number of anilines is 1. The molecule has 1 aromatic heterocycles. The molecule has 0 saturated heterocycles. The summed E-state index contributed by atoms with van der Waals surface area (Å²) in [7, 11) is 1.57. The molecule has 4 nitrogen and oxygen atoms in total. The molecule has 0 fully saturated rings. The number of hydrogen-bond donors (Lipinski definition) is 1. The summed E-state index contributed by atoms with van der Waals surface area (Å²) in [5.74, 6) is 0.540. The number of carbonyl (C=O) groups is 1. The van der Waals surface area contributed by atoms with E-state index in [1.54, 1.807) is 24.5 Å². The van der Waals surface area contributed by atoms with E-state index in [9.17, 15) is 4.79 Å². The number of ether oxygens (including phenoxy) is 1. The molecule has 1 unspecified atom stereocenters. The first-order valence-electron chi connectivity index (χ1n) is 7.94. The van der Waals surface area contributed by atoms with E-state index >= 15 is 0 Å². The lowest BCUT2D eigenvalue weighted by atomic mass is 10.1. The normalized spacial score (nSPS) is 15.7. The van der Waals surface area contributed by atoms with Gasteiger partial charge in [-0.2, -0.15) is 0 Å². The van der Waals surface area contributed by atoms with Crippen LogP contribution in [0, 0.1) is 6.92 Å². The van der Waals surface area contributed by atoms with Gasteiger partial charge in [-0.05, 0) is 48.9 Å². The van der Waals surface area contributed by atoms with Gasteiger partial charge in [-0.15, -0.1) is 11.3 Å². The molecule has 6 heteroatoms. The van der Waals surface area contributed by atoms with Crippen LogP contribution >= 0.6 is 22.9 Å². The fourth-order valence-corrected chi connectivity index (χ4v) is 3.98. The molecule has 1 N–H and O–H groups in total. The van der Waals surface area contributed by atoms with Crippen molar-refractivity contribution in [3.8, 4) is 5.75 Å². The Labute approximate surface area is 151 Å². The Balaban J connectivity index is 1.72. The van der Waals surface area contributed by atoms with Crippen LogP contribution in [0.1, 0.15) is 22.9 Å². The molecular formula is C18H21ClN2O2S. The Morgan fingerprint density at radius 3 is 3.00 bits per heavy atom. The Kier molecular flexibility index (Phi) is 5.13. The van der Waals surface area contributed by atoms with E-state index in [1.165, 1.54) is 10.4 Å².